The highest BCUT2D eigenvalue weighted by Crippen LogP contribution is 2.11. The third-order valence-electron chi connectivity index (χ3n) is 3.13. The summed E-state index contributed by atoms with van der Waals surface area (Å²) in [5.74, 6) is 5.90. The summed E-state index contributed by atoms with van der Waals surface area (Å²) in [5.41, 5.74) is 3.51. The van der Waals surface area contributed by atoms with E-state index in [1.54, 1.807) is 19.1 Å². The van der Waals surface area contributed by atoms with Gasteiger partial charge in [0.1, 0.15) is 0 Å². The Kier molecular flexibility index (Phi) is 5.21. The van der Waals surface area contributed by atoms with Crippen LogP contribution in [0.4, 0.5) is 5.69 Å². The minimum atomic E-state index is -0.304. The lowest BCUT2D eigenvalue weighted by Gasteiger charge is -2.11. The molecule has 0 aliphatic rings. The maximum Gasteiger partial charge on any atom is 0.338 e. The number of benzene rings is 2. The second-order valence-electron chi connectivity index (χ2n) is 4.99. The Morgan fingerprint density at radius 3 is 1.91 bits per heavy atom. The van der Waals surface area contributed by atoms with Crippen molar-refractivity contribution in [3.05, 3.63) is 65.2 Å². The minimum absolute atomic E-state index is 0.304. The molecule has 0 atom stereocenters. The van der Waals surface area contributed by atoms with E-state index in [4.69, 9.17) is 4.74 Å². The van der Waals surface area contributed by atoms with E-state index in [2.05, 4.69) is 11.8 Å². The molecule has 3 heteroatoms. The van der Waals surface area contributed by atoms with Crippen LogP contribution in [0.25, 0.3) is 0 Å². The van der Waals surface area contributed by atoms with E-state index in [0.29, 0.717) is 12.2 Å². The minimum Gasteiger partial charge on any atom is -0.462 e. The number of hydrogen-bond acceptors (Lipinski definition) is 3. The summed E-state index contributed by atoms with van der Waals surface area (Å²) in [6, 6.07) is 15.2. The van der Waals surface area contributed by atoms with Gasteiger partial charge in [-0.3, -0.25) is 0 Å². The number of anilines is 1. The second kappa shape index (κ2) is 7.33. The van der Waals surface area contributed by atoms with Gasteiger partial charge in [-0.25, -0.2) is 4.79 Å². The quantitative estimate of drug-likeness (QED) is 0.642. The van der Waals surface area contributed by atoms with Crippen molar-refractivity contribution in [3.8, 4) is 11.8 Å². The van der Waals surface area contributed by atoms with Gasteiger partial charge in [-0.2, -0.15) is 0 Å². The van der Waals surface area contributed by atoms with Crippen LogP contribution in [-0.4, -0.2) is 26.7 Å². The Balaban J connectivity index is 2.09. The molecule has 0 amide bonds. The Morgan fingerprint density at radius 1 is 0.955 bits per heavy atom. The molecule has 0 N–H and O–H groups in total. The molecule has 22 heavy (non-hydrogen) atoms. The van der Waals surface area contributed by atoms with Crippen molar-refractivity contribution in [2.45, 2.75) is 6.92 Å². The summed E-state index contributed by atoms with van der Waals surface area (Å²) < 4.78 is 4.95. The molecule has 0 saturated carbocycles. The maximum atomic E-state index is 11.6. The van der Waals surface area contributed by atoms with Crippen molar-refractivity contribution in [2.24, 2.45) is 0 Å². The summed E-state index contributed by atoms with van der Waals surface area (Å²) >= 11 is 0. The number of hydrogen-bond donors (Lipinski definition) is 0. The van der Waals surface area contributed by atoms with Gasteiger partial charge in [0, 0.05) is 30.9 Å². The van der Waals surface area contributed by atoms with Gasteiger partial charge < -0.3 is 9.64 Å². The van der Waals surface area contributed by atoms with Crippen LogP contribution in [0.3, 0.4) is 0 Å². The number of nitrogens with zero attached hydrogens (tertiary/aromatic N) is 1. The molecule has 3 nitrogen and oxygen atoms in total. The van der Waals surface area contributed by atoms with Gasteiger partial charge in [-0.15, -0.1) is 0 Å². The van der Waals surface area contributed by atoms with Gasteiger partial charge in [0.05, 0.1) is 12.2 Å². The molecular formula is C19H19NO2. The molecule has 2 rings (SSSR count). The van der Waals surface area contributed by atoms with E-state index >= 15 is 0 Å². The van der Waals surface area contributed by atoms with Gasteiger partial charge >= 0.3 is 5.97 Å². The topological polar surface area (TPSA) is 29.5 Å². The molecule has 0 aliphatic carbocycles. The highest BCUT2D eigenvalue weighted by Gasteiger charge is 2.04. The van der Waals surface area contributed by atoms with Crippen molar-refractivity contribution in [2.75, 3.05) is 25.6 Å². The molecule has 0 bridgehead atoms. The first-order valence-corrected chi connectivity index (χ1v) is 7.16. The van der Waals surface area contributed by atoms with Crippen LogP contribution in [-0.2, 0) is 4.74 Å². The van der Waals surface area contributed by atoms with Crippen molar-refractivity contribution < 1.29 is 9.53 Å². The Morgan fingerprint density at radius 2 is 1.45 bits per heavy atom. The normalized spacial score (nSPS) is 9.59. The fourth-order valence-electron chi connectivity index (χ4n) is 1.89. The van der Waals surface area contributed by atoms with E-state index in [-0.39, 0.29) is 5.97 Å². The average Bonchev–Trinajstić information content (AvgIpc) is 2.54. The molecule has 0 fully saturated rings. The number of carbonyl (C=O) groups is 1. The van der Waals surface area contributed by atoms with Crippen LogP contribution >= 0.6 is 0 Å². The molecule has 0 spiro atoms. The van der Waals surface area contributed by atoms with Crippen molar-refractivity contribution in [3.63, 3.8) is 0 Å². The first-order chi connectivity index (χ1) is 10.6. The summed E-state index contributed by atoms with van der Waals surface area (Å²) in [6.45, 7) is 2.17. The molecule has 0 unspecified atom stereocenters. The molecule has 0 aliphatic heterocycles. The van der Waals surface area contributed by atoms with E-state index in [1.807, 2.05) is 55.4 Å². The highest BCUT2D eigenvalue weighted by atomic mass is 16.5. The number of ether oxygens (including phenoxy) is 1. The van der Waals surface area contributed by atoms with Crippen LogP contribution in [0.5, 0.6) is 0 Å². The third-order valence-corrected chi connectivity index (χ3v) is 3.13. The van der Waals surface area contributed by atoms with Gasteiger partial charge in [-0.05, 0) is 55.5 Å². The Bertz CT molecular complexity index is 689. The second-order valence-corrected chi connectivity index (χ2v) is 4.99. The fourth-order valence-corrected chi connectivity index (χ4v) is 1.89. The summed E-state index contributed by atoms with van der Waals surface area (Å²) in [4.78, 5) is 13.6. The average molecular weight is 293 g/mol. The smallest absolute Gasteiger partial charge is 0.338 e. The van der Waals surface area contributed by atoms with Gasteiger partial charge in [0.2, 0.25) is 0 Å². The molecular weight excluding hydrogens is 274 g/mol. The van der Waals surface area contributed by atoms with Gasteiger partial charge in [-0.1, -0.05) is 11.8 Å². The Hall–Kier alpha value is -2.73. The SMILES string of the molecule is CCOC(=O)c1ccc(C#Cc2ccc(N(C)C)cc2)cc1. The van der Waals surface area contributed by atoms with Crippen LogP contribution in [0.1, 0.15) is 28.4 Å². The largest absolute Gasteiger partial charge is 0.462 e. The molecule has 2 aromatic rings. The molecule has 0 heterocycles. The van der Waals surface area contributed by atoms with Crippen LogP contribution < -0.4 is 4.90 Å². The third kappa shape index (κ3) is 4.13. The number of rotatable bonds is 3. The lowest BCUT2D eigenvalue weighted by molar-refractivity contribution is 0.0526. The van der Waals surface area contributed by atoms with Crippen molar-refractivity contribution in [1.29, 1.82) is 0 Å². The summed E-state index contributed by atoms with van der Waals surface area (Å²) in [5, 5.41) is 0. The predicted molar refractivity (Wildman–Crippen MR) is 89.1 cm³/mol. The Labute approximate surface area is 131 Å². The first-order valence-electron chi connectivity index (χ1n) is 7.16. The predicted octanol–water partition coefficient (Wildman–Crippen LogP) is 3.33. The van der Waals surface area contributed by atoms with Crippen LogP contribution in [0.15, 0.2) is 48.5 Å². The number of esters is 1. The molecule has 2 aromatic carbocycles. The zero-order chi connectivity index (χ0) is 15.9. The first kappa shape index (κ1) is 15.7. The lowest BCUT2D eigenvalue weighted by atomic mass is 10.1. The lowest BCUT2D eigenvalue weighted by Crippen LogP contribution is -2.07. The molecule has 0 radical (unpaired) electrons. The maximum absolute atomic E-state index is 11.6. The van der Waals surface area contributed by atoms with Crippen LogP contribution in [0.2, 0.25) is 0 Å². The molecule has 112 valence electrons. The standard InChI is InChI=1S/C19H19NO2/c1-4-22-19(21)17-11-7-15(8-12-17)5-6-16-9-13-18(14-10-16)20(2)3/h7-14H,4H2,1-3H3. The van der Waals surface area contributed by atoms with E-state index in [9.17, 15) is 4.79 Å². The summed E-state index contributed by atoms with van der Waals surface area (Å²) in [7, 11) is 4.01. The van der Waals surface area contributed by atoms with Crippen molar-refractivity contribution >= 4 is 11.7 Å². The zero-order valence-corrected chi connectivity index (χ0v) is 13.1. The monoisotopic (exact) mass is 293 g/mol. The summed E-state index contributed by atoms with van der Waals surface area (Å²) in [6.07, 6.45) is 0. The van der Waals surface area contributed by atoms with Crippen LogP contribution in [0, 0.1) is 11.8 Å². The number of carbonyl (C=O) groups excluding carboxylic acids is 1. The van der Waals surface area contributed by atoms with E-state index < -0.39 is 0 Å². The molecule has 0 aromatic heterocycles. The molecule has 0 saturated heterocycles. The van der Waals surface area contributed by atoms with Gasteiger partial charge in [0.25, 0.3) is 0 Å². The van der Waals surface area contributed by atoms with E-state index in [1.165, 1.54) is 0 Å². The van der Waals surface area contributed by atoms with Crippen molar-refractivity contribution in [1.82, 2.24) is 0 Å². The van der Waals surface area contributed by atoms with E-state index in [0.717, 1.165) is 16.8 Å². The fraction of sp³-hybridized carbons (Fsp3) is 0.211. The van der Waals surface area contributed by atoms with Gasteiger partial charge in [0.15, 0.2) is 0 Å². The zero-order valence-electron chi connectivity index (χ0n) is 13.1. The highest BCUT2D eigenvalue weighted by molar-refractivity contribution is 5.89.